The average Bonchev–Trinajstić information content (AvgIpc) is 2.42. The fourth-order valence-corrected chi connectivity index (χ4v) is 2.39. The first-order valence-corrected chi connectivity index (χ1v) is 6.49. The van der Waals surface area contributed by atoms with Crippen LogP contribution in [0.2, 0.25) is 0 Å². The lowest BCUT2D eigenvalue weighted by molar-refractivity contribution is -0.138. The maximum Gasteiger partial charge on any atom is 0.312 e. The smallest absolute Gasteiger partial charge is 0.312 e. The molecule has 0 bridgehead atoms. The summed E-state index contributed by atoms with van der Waals surface area (Å²) >= 11 is 0. The van der Waals surface area contributed by atoms with Crippen molar-refractivity contribution in [2.45, 2.75) is 12.8 Å². The molecule has 1 saturated heterocycles. The summed E-state index contributed by atoms with van der Waals surface area (Å²) in [4.78, 5) is 13.5. The summed E-state index contributed by atoms with van der Waals surface area (Å²) < 4.78 is 5.34. The minimum Gasteiger partial charge on any atom is -0.481 e. The number of morpholine rings is 1. The van der Waals surface area contributed by atoms with E-state index in [1.54, 1.807) is 0 Å². The molecule has 19 heavy (non-hydrogen) atoms. The number of benzene rings is 1. The average molecular weight is 264 g/mol. The van der Waals surface area contributed by atoms with Crippen LogP contribution in [-0.2, 0) is 9.53 Å². The van der Waals surface area contributed by atoms with E-state index in [0.29, 0.717) is 13.2 Å². The molecule has 1 atom stereocenters. The van der Waals surface area contributed by atoms with E-state index in [9.17, 15) is 9.90 Å². The molecular weight excluding hydrogens is 244 g/mol. The monoisotopic (exact) mass is 264 g/mol. The molecule has 0 saturated carbocycles. The molecular formula is C14H20N2O3. The van der Waals surface area contributed by atoms with Gasteiger partial charge < -0.3 is 20.5 Å². The van der Waals surface area contributed by atoms with Crippen molar-refractivity contribution >= 4 is 11.7 Å². The first-order valence-electron chi connectivity index (χ1n) is 6.49. The number of hydrogen-bond acceptors (Lipinski definition) is 4. The van der Waals surface area contributed by atoms with Gasteiger partial charge in [-0.05, 0) is 24.1 Å². The van der Waals surface area contributed by atoms with Gasteiger partial charge in [0.25, 0.3) is 0 Å². The molecule has 1 aliphatic rings. The number of nitrogens with two attached hydrogens (primary N) is 1. The molecule has 1 aromatic rings. The van der Waals surface area contributed by atoms with Gasteiger partial charge in [-0.15, -0.1) is 0 Å². The van der Waals surface area contributed by atoms with Crippen molar-refractivity contribution in [2.24, 2.45) is 5.73 Å². The Morgan fingerprint density at radius 3 is 2.74 bits per heavy atom. The Hall–Kier alpha value is -1.59. The van der Waals surface area contributed by atoms with Gasteiger partial charge in [-0.2, -0.15) is 0 Å². The van der Waals surface area contributed by atoms with Crippen LogP contribution >= 0.6 is 0 Å². The Labute approximate surface area is 113 Å². The number of ether oxygens (including phenoxy) is 1. The zero-order valence-electron chi connectivity index (χ0n) is 11.1. The summed E-state index contributed by atoms with van der Waals surface area (Å²) in [6.45, 7) is 5.03. The number of aliphatic carboxylic acids is 1. The highest BCUT2D eigenvalue weighted by atomic mass is 16.5. The third-order valence-electron chi connectivity index (χ3n) is 3.45. The topological polar surface area (TPSA) is 75.8 Å². The van der Waals surface area contributed by atoms with Crippen molar-refractivity contribution in [3.8, 4) is 0 Å². The van der Waals surface area contributed by atoms with E-state index in [4.69, 9.17) is 10.5 Å². The molecule has 1 aromatic carbocycles. The molecule has 2 rings (SSSR count). The standard InChI is InChI=1S/C14H20N2O3/c1-10-2-3-11(12(9-15)14(17)18)13(8-10)16-4-6-19-7-5-16/h2-3,8,12H,4-7,9,15H2,1H3,(H,17,18). The van der Waals surface area contributed by atoms with E-state index in [0.717, 1.165) is 29.9 Å². The minimum atomic E-state index is -0.874. The third kappa shape index (κ3) is 3.05. The van der Waals surface area contributed by atoms with Gasteiger partial charge in [0.05, 0.1) is 19.1 Å². The number of carbonyl (C=O) groups is 1. The highest BCUT2D eigenvalue weighted by Crippen LogP contribution is 2.29. The lowest BCUT2D eigenvalue weighted by Gasteiger charge is -2.32. The van der Waals surface area contributed by atoms with Gasteiger partial charge >= 0.3 is 5.97 Å². The molecule has 0 radical (unpaired) electrons. The van der Waals surface area contributed by atoms with E-state index in [1.807, 2.05) is 25.1 Å². The van der Waals surface area contributed by atoms with E-state index < -0.39 is 11.9 Å². The fraction of sp³-hybridized carbons (Fsp3) is 0.500. The lowest BCUT2D eigenvalue weighted by atomic mass is 9.95. The van der Waals surface area contributed by atoms with Crippen molar-refractivity contribution in [1.82, 2.24) is 0 Å². The molecule has 0 spiro atoms. The van der Waals surface area contributed by atoms with Crippen LogP contribution in [0.5, 0.6) is 0 Å². The largest absolute Gasteiger partial charge is 0.481 e. The molecule has 1 aliphatic heterocycles. The maximum absolute atomic E-state index is 11.3. The highest BCUT2D eigenvalue weighted by Gasteiger charge is 2.24. The summed E-state index contributed by atoms with van der Waals surface area (Å²) in [5.74, 6) is -1.53. The quantitative estimate of drug-likeness (QED) is 0.847. The van der Waals surface area contributed by atoms with Gasteiger partial charge in [0.1, 0.15) is 0 Å². The number of nitrogens with zero attached hydrogens (tertiary/aromatic N) is 1. The van der Waals surface area contributed by atoms with Crippen LogP contribution in [0.15, 0.2) is 18.2 Å². The third-order valence-corrected chi connectivity index (χ3v) is 3.45. The first kappa shape index (κ1) is 13.8. The van der Waals surface area contributed by atoms with Crippen molar-refractivity contribution < 1.29 is 14.6 Å². The predicted molar refractivity (Wildman–Crippen MR) is 73.6 cm³/mol. The van der Waals surface area contributed by atoms with Crippen LogP contribution in [0.3, 0.4) is 0 Å². The van der Waals surface area contributed by atoms with E-state index in [-0.39, 0.29) is 6.54 Å². The number of hydrogen-bond donors (Lipinski definition) is 2. The normalized spacial score (nSPS) is 17.3. The number of aryl methyl sites for hydroxylation is 1. The summed E-state index contributed by atoms with van der Waals surface area (Å²) in [6, 6.07) is 5.85. The molecule has 3 N–H and O–H groups in total. The predicted octanol–water partition coefficient (Wildman–Crippen LogP) is 0.959. The van der Waals surface area contributed by atoms with Crippen molar-refractivity contribution in [1.29, 1.82) is 0 Å². The molecule has 0 amide bonds. The zero-order chi connectivity index (χ0) is 13.8. The van der Waals surface area contributed by atoms with Gasteiger partial charge in [-0.1, -0.05) is 12.1 Å². The maximum atomic E-state index is 11.3. The van der Waals surface area contributed by atoms with Crippen LogP contribution in [0.1, 0.15) is 17.0 Å². The van der Waals surface area contributed by atoms with E-state index >= 15 is 0 Å². The van der Waals surface area contributed by atoms with Gasteiger partial charge in [0, 0.05) is 25.3 Å². The Morgan fingerprint density at radius 1 is 1.47 bits per heavy atom. The van der Waals surface area contributed by atoms with Crippen LogP contribution in [0, 0.1) is 6.92 Å². The Morgan fingerprint density at radius 2 is 2.16 bits per heavy atom. The van der Waals surface area contributed by atoms with Crippen LogP contribution < -0.4 is 10.6 Å². The van der Waals surface area contributed by atoms with Crippen LogP contribution in [0.4, 0.5) is 5.69 Å². The lowest BCUT2D eigenvalue weighted by Crippen LogP contribution is -2.37. The molecule has 1 unspecified atom stereocenters. The summed E-state index contributed by atoms with van der Waals surface area (Å²) in [7, 11) is 0. The summed E-state index contributed by atoms with van der Waals surface area (Å²) in [6.07, 6.45) is 0. The molecule has 0 aromatic heterocycles. The van der Waals surface area contributed by atoms with E-state index in [2.05, 4.69) is 4.90 Å². The Balaban J connectivity index is 2.39. The molecule has 1 fully saturated rings. The SMILES string of the molecule is Cc1ccc(C(CN)C(=O)O)c(N2CCOCC2)c1. The Bertz CT molecular complexity index is 456. The number of carboxylic acids is 1. The fourth-order valence-electron chi connectivity index (χ4n) is 2.39. The summed E-state index contributed by atoms with van der Waals surface area (Å²) in [5.41, 5.74) is 8.50. The zero-order valence-corrected chi connectivity index (χ0v) is 11.1. The summed E-state index contributed by atoms with van der Waals surface area (Å²) in [5, 5.41) is 9.30. The number of carboxylic acid groups (broad SMARTS) is 1. The second-order valence-electron chi connectivity index (χ2n) is 4.79. The molecule has 5 heteroatoms. The second-order valence-corrected chi connectivity index (χ2v) is 4.79. The van der Waals surface area contributed by atoms with Crippen LogP contribution in [0.25, 0.3) is 0 Å². The second kappa shape index (κ2) is 6.04. The van der Waals surface area contributed by atoms with Gasteiger partial charge in [0.15, 0.2) is 0 Å². The van der Waals surface area contributed by atoms with Gasteiger partial charge in [-0.25, -0.2) is 0 Å². The van der Waals surface area contributed by atoms with Gasteiger partial charge in [0.2, 0.25) is 0 Å². The molecule has 0 aliphatic carbocycles. The van der Waals surface area contributed by atoms with Crippen molar-refractivity contribution in [2.75, 3.05) is 37.7 Å². The number of rotatable bonds is 4. The van der Waals surface area contributed by atoms with E-state index in [1.165, 1.54) is 0 Å². The molecule has 5 nitrogen and oxygen atoms in total. The molecule has 1 heterocycles. The Kier molecular flexibility index (Phi) is 4.39. The number of anilines is 1. The van der Waals surface area contributed by atoms with Crippen molar-refractivity contribution in [3.63, 3.8) is 0 Å². The minimum absolute atomic E-state index is 0.107. The van der Waals surface area contributed by atoms with Crippen molar-refractivity contribution in [3.05, 3.63) is 29.3 Å². The van der Waals surface area contributed by atoms with Gasteiger partial charge in [-0.3, -0.25) is 4.79 Å². The van der Waals surface area contributed by atoms with Crippen LogP contribution in [-0.4, -0.2) is 43.9 Å². The first-order chi connectivity index (χ1) is 9.13. The molecule has 104 valence electrons. The highest BCUT2D eigenvalue weighted by molar-refractivity contribution is 5.79.